The van der Waals surface area contributed by atoms with Crippen molar-refractivity contribution in [3.63, 3.8) is 0 Å². The van der Waals surface area contributed by atoms with Crippen LogP contribution in [0.4, 0.5) is 5.69 Å². The summed E-state index contributed by atoms with van der Waals surface area (Å²) in [4.78, 5) is 20.6. The Morgan fingerprint density at radius 2 is 1.97 bits per heavy atom. The molecular weight excluding hydrogens is 362 g/mol. The van der Waals surface area contributed by atoms with Crippen LogP contribution in [0.1, 0.15) is 29.9 Å². The molecule has 29 heavy (non-hydrogen) atoms. The van der Waals surface area contributed by atoms with Crippen LogP contribution in [0.3, 0.4) is 0 Å². The van der Waals surface area contributed by atoms with Gasteiger partial charge in [-0.25, -0.2) is 0 Å². The number of rotatable bonds is 4. The lowest BCUT2D eigenvalue weighted by molar-refractivity contribution is -0.119. The van der Waals surface area contributed by atoms with Gasteiger partial charge in [0.05, 0.1) is 13.7 Å². The second kappa shape index (κ2) is 7.56. The molecule has 1 fully saturated rings. The number of aromatic amines is 1. The van der Waals surface area contributed by atoms with Crippen LogP contribution < -0.4 is 9.64 Å². The number of H-pyrrole nitrogens is 1. The molecule has 2 aromatic carbocycles. The largest absolute Gasteiger partial charge is 0.497 e. The van der Waals surface area contributed by atoms with Crippen LogP contribution in [0, 0.1) is 0 Å². The van der Waals surface area contributed by atoms with Crippen molar-refractivity contribution in [2.45, 2.75) is 25.2 Å². The maximum absolute atomic E-state index is 12.9. The Balaban J connectivity index is 1.23. The summed E-state index contributed by atoms with van der Waals surface area (Å²) in [6.45, 7) is 3.25. The number of methoxy groups -OCH3 is 1. The number of nitrogens with one attached hydrogen (secondary N) is 1. The molecule has 0 atom stereocenters. The molecule has 3 aromatic rings. The van der Waals surface area contributed by atoms with E-state index < -0.39 is 0 Å². The van der Waals surface area contributed by atoms with Gasteiger partial charge in [-0.3, -0.25) is 9.69 Å². The van der Waals surface area contributed by atoms with Gasteiger partial charge in [-0.15, -0.1) is 0 Å². The third-order valence-corrected chi connectivity index (χ3v) is 6.50. The number of piperidine rings is 1. The van der Waals surface area contributed by atoms with Crippen molar-refractivity contribution < 1.29 is 9.53 Å². The third kappa shape index (κ3) is 3.40. The Labute approximate surface area is 171 Å². The topological polar surface area (TPSA) is 48.6 Å². The lowest BCUT2D eigenvalue weighted by Crippen LogP contribution is -2.42. The van der Waals surface area contributed by atoms with Crippen LogP contribution >= 0.6 is 0 Å². The number of fused-ring (bicyclic) bond motifs is 2. The molecule has 1 saturated heterocycles. The average molecular weight is 389 g/mol. The fourth-order valence-electron chi connectivity index (χ4n) is 4.86. The zero-order valence-electron chi connectivity index (χ0n) is 16.9. The van der Waals surface area contributed by atoms with Crippen molar-refractivity contribution in [2.24, 2.45) is 0 Å². The fourth-order valence-corrected chi connectivity index (χ4v) is 4.86. The lowest BCUT2D eigenvalue weighted by Gasteiger charge is -2.32. The molecule has 5 nitrogen and oxygen atoms in total. The molecule has 0 aliphatic carbocycles. The third-order valence-electron chi connectivity index (χ3n) is 6.50. The lowest BCUT2D eigenvalue weighted by atomic mass is 9.89. The van der Waals surface area contributed by atoms with Gasteiger partial charge in [-0.05, 0) is 73.7 Å². The smallest absolute Gasteiger partial charge is 0.241 e. The standard InChI is InChI=1S/C24H27N3O2/c1-29-19-6-7-22-20(14-19)21(15-25-22)17-8-11-26(12-9-17)16-24(28)27-13-10-18-4-2-3-5-23(18)27/h2-7,14-15,17,25H,8-13,16H2,1H3. The Kier molecular flexibility index (Phi) is 4.76. The van der Waals surface area contributed by atoms with E-state index in [1.165, 1.54) is 16.5 Å². The predicted molar refractivity (Wildman–Crippen MR) is 116 cm³/mol. The second-order valence-electron chi connectivity index (χ2n) is 8.13. The number of para-hydroxylation sites is 1. The van der Waals surface area contributed by atoms with E-state index in [-0.39, 0.29) is 5.91 Å². The Morgan fingerprint density at radius 3 is 2.79 bits per heavy atom. The first-order valence-corrected chi connectivity index (χ1v) is 10.5. The Bertz CT molecular complexity index is 1030. The SMILES string of the molecule is COc1ccc2[nH]cc(C3CCN(CC(=O)N4CCc5ccccc54)CC3)c2c1. The van der Waals surface area contributed by atoms with Gasteiger partial charge in [-0.2, -0.15) is 0 Å². The number of ether oxygens (including phenoxy) is 1. The van der Waals surface area contributed by atoms with Crippen LogP contribution in [0.25, 0.3) is 10.9 Å². The van der Waals surface area contributed by atoms with Crippen LogP contribution in [-0.4, -0.2) is 49.1 Å². The number of benzene rings is 2. The number of likely N-dealkylation sites (tertiary alicyclic amines) is 1. The molecule has 150 valence electrons. The molecule has 0 unspecified atom stereocenters. The average Bonchev–Trinajstić information content (AvgIpc) is 3.38. The summed E-state index contributed by atoms with van der Waals surface area (Å²) in [6.07, 6.45) is 5.27. The second-order valence-corrected chi connectivity index (χ2v) is 8.13. The van der Waals surface area contributed by atoms with Gasteiger partial charge < -0.3 is 14.6 Å². The molecule has 2 aliphatic rings. The first-order valence-electron chi connectivity index (χ1n) is 10.5. The molecule has 0 bridgehead atoms. The number of hydrogen-bond acceptors (Lipinski definition) is 3. The number of aromatic nitrogens is 1. The van der Waals surface area contributed by atoms with Gasteiger partial charge >= 0.3 is 0 Å². The molecule has 5 rings (SSSR count). The van der Waals surface area contributed by atoms with Gasteiger partial charge in [0.15, 0.2) is 0 Å². The number of carbonyl (C=O) groups excluding carboxylic acids is 1. The van der Waals surface area contributed by atoms with Gasteiger partial charge in [0.25, 0.3) is 0 Å². The molecule has 0 saturated carbocycles. The molecule has 1 N–H and O–H groups in total. The van der Waals surface area contributed by atoms with Crippen molar-refractivity contribution in [2.75, 3.05) is 38.2 Å². The summed E-state index contributed by atoms with van der Waals surface area (Å²) >= 11 is 0. The highest BCUT2D eigenvalue weighted by molar-refractivity contribution is 5.96. The summed E-state index contributed by atoms with van der Waals surface area (Å²) in [7, 11) is 1.71. The van der Waals surface area contributed by atoms with Crippen molar-refractivity contribution in [3.8, 4) is 5.75 Å². The summed E-state index contributed by atoms with van der Waals surface area (Å²) in [5.41, 5.74) is 4.92. The first-order chi connectivity index (χ1) is 14.2. The van der Waals surface area contributed by atoms with Gasteiger partial charge in [-0.1, -0.05) is 18.2 Å². The molecule has 1 aromatic heterocycles. The Morgan fingerprint density at radius 1 is 1.14 bits per heavy atom. The van der Waals surface area contributed by atoms with E-state index in [4.69, 9.17) is 4.74 Å². The quantitative estimate of drug-likeness (QED) is 0.735. The number of nitrogens with zero attached hydrogens (tertiary/aromatic N) is 2. The van der Waals surface area contributed by atoms with E-state index in [0.29, 0.717) is 12.5 Å². The van der Waals surface area contributed by atoms with E-state index in [1.807, 2.05) is 17.0 Å². The van der Waals surface area contributed by atoms with E-state index in [2.05, 4.69) is 46.4 Å². The molecule has 1 amide bonds. The van der Waals surface area contributed by atoms with Crippen LogP contribution in [0.5, 0.6) is 5.75 Å². The maximum atomic E-state index is 12.9. The van der Waals surface area contributed by atoms with Gasteiger partial charge in [0.2, 0.25) is 5.91 Å². The molecular formula is C24H27N3O2. The minimum Gasteiger partial charge on any atom is -0.497 e. The number of anilines is 1. The van der Waals surface area contributed by atoms with Crippen molar-refractivity contribution in [1.82, 2.24) is 9.88 Å². The first kappa shape index (κ1) is 18.3. The highest BCUT2D eigenvalue weighted by Crippen LogP contribution is 2.35. The number of amides is 1. The predicted octanol–water partition coefficient (Wildman–Crippen LogP) is 3.95. The molecule has 5 heteroatoms. The van der Waals surface area contributed by atoms with Crippen LogP contribution in [-0.2, 0) is 11.2 Å². The maximum Gasteiger partial charge on any atom is 0.241 e. The minimum absolute atomic E-state index is 0.227. The van der Waals surface area contributed by atoms with E-state index in [1.54, 1.807) is 7.11 Å². The fraction of sp³-hybridized carbons (Fsp3) is 0.375. The van der Waals surface area contributed by atoms with Crippen molar-refractivity contribution in [3.05, 3.63) is 59.8 Å². The highest BCUT2D eigenvalue weighted by atomic mass is 16.5. The van der Waals surface area contributed by atoms with Gasteiger partial charge in [0, 0.05) is 29.3 Å². The van der Waals surface area contributed by atoms with Crippen LogP contribution in [0.15, 0.2) is 48.7 Å². The zero-order valence-corrected chi connectivity index (χ0v) is 16.9. The number of carbonyl (C=O) groups is 1. The van der Waals surface area contributed by atoms with Crippen LogP contribution in [0.2, 0.25) is 0 Å². The Hall–Kier alpha value is -2.79. The summed E-state index contributed by atoms with van der Waals surface area (Å²) < 4.78 is 5.40. The van der Waals surface area contributed by atoms with E-state index in [9.17, 15) is 4.79 Å². The molecule has 3 heterocycles. The summed E-state index contributed by atoms with van der Waals surface area (Å²) in [5, 5.41) is 1.26. The number of hydrogen-bond donors (Lipinski definition) is 1. The molecule has 2 aliphatic heterocycles. The van der Waals surface area contributed by atoms with E-state index in [0.717, 1.165) is 55.9 Å². The van der Waals surface area contributed by atoms with Crippen molar-refractivity contribution >= 4 is 22.5 Å². The normalized spacial score (nSPS) is 17.6. The molecule has 0 radical (unpaired) electrons. The highest BCUT2D eigenvalue weighted by Gasteiger charge is 2.28. The van der Waals surface area contributed by atoms with E-state index >= 15 is 0 Å². The monoisotopic (exact) mass is 389 g/mol. The zero-order chi connectivity index (χ0) is 19.8. The van der Waals surface area contributed by atoms with Gasteiger partial charge in [0.1, 0.15) is 5.75 Å². The summed E-state index contributed by atoms with van der Waals surface area (Å²) in [5.74, 6) is 1.65. The van der Waals surface area contributed by atoms with Crippen molar-refractivity contribution in [1.29, 1.82) is 0 Å². The minimum atomic E-state index is 0.227. The summed E-state index contributed by atoms with van der Waals surface area (Å²) in [6, 6.07) is 14.5. The molecule has 0 spiro atoms.